The van der Waals surface area contributed by atoms with E-state index in [1.807, 2.05) is 27.7 Å². The highest BCUT2D eigenvalue weighted by Gasteiger charge is 2.43. The van der Waals surface area contributed by atoms with Crippen LogP contribution in [0.25, 0.3) is 16.8 Å². The SMILES string of the molecule is [B]C([B])(c1cccc(C(=O)N(C)C)n1)N1CC(n2ncc3c2C(CC)N(C)c2c(Nc4cc(NC(=O)C5CC5)nc5cc(C6CC6)nn45)cccc2-3)C1. The van der Waals surface area contributed by atoms with Crippen molar-refractivity contribution in [2.24, 2.45) is 5.92 Å². The normalized spacial score (nSPS) is 18.7. The molecule has 2 saturated carbocycles. The summed E-state index contributed by atoms with van der Waals surface area (Å²) in [6, 6.07) is 15.5. The quantitative estimate of drug-likeness (QED) is 0.201. The van der Waals surface area contributed by atoms with Gasteiger partial charge in [-0.3, -0.25) is 14.3 Å². The van der Waals surface area contributed by atoms with E-state index in [0.29, 0.717) is 41.9 Å². The average molecular weight is 705 g/mol. The van der Waals surface area contributed by atoms with E-state index < -0.39 is 5.34 Å². The molecule has 53 heavy (non-hydrogen) atoms. The van der Waals surface area contributed by atoms with Gasteiger partial charge in [-0.1, -0.05) is 25.1 Å². The number of hydrogen-bond acceptors (Lipinski definition) is 9. The summed E-state index contributed by atoms with van der Waals surface area (Å²) in [5, 5.41) is 15.3. The number of nitrogens with zero attached hydrogens (tertiary/aromatic N) is 9. The number of benzene rings is 1. The molecule has 13 nitrogen and oxygen atoms in total. The third kappa shape index (κ3) is 5.76. The van der Waals surface area contributed by atoms with E-state index in [1.165, 1.54) is 4.90 Å². The third-order valence-electron chi connectivity index (χ3n) is 11.1. The highest BCUT2D eigenvalue weighted by atomic mass is 16.2. The summed E-state index contributed by atoms with van der Waals surface area (Å²) in [6.45, 7) is 3.35. The Balaban J connectivity index is 1.02. The second-order valence-corrected chi connectivity index (χ2v) is 15.1. The number of nitrogens with one attached hydrogen (secondary N) is 2. The van der Waals surface area contributed by atoms with E-state index in [0.717, 1.165) is 71.8 Å². The fraction of sp³-hybridized carbons (Fsp3) is 0.421. The molecule has 1 saturated heterocycles. The minimum Gasteiger partial charge on any atom is -0.364 e. The van der Waals surface area contributed by atoms with Gasteiger partial charge in [0.1, 0.15) is 17.3 Å². The van der Waals surface area contributed by atoms with E-state index in [1.54, 1.807) is 32.3 Å². The molecule has 5 aromatic rings. The lowest BCUT2D eigenvalue weighted by molar-refractivity contribution is -0.117. The number of rotatable bonds is 10. The number of likely N-dealkylation sites (tertiary alicyclic amines) is 1. The van der Waals surface area contributed by atoms with Crippen LogP contribution in [0.4, 0.5) is 23.0 Å². The number of pyridine rings is 1. The molecule has 6 heterocycles. The number of fused-ring (bicyclic) bond motifs is 4. The zero-order chi connectivity index (χ0) is 36.8. The Labute approximate surface area is 311 Å². The molecule has 15 heteroatoms. The molecule has 1 unspecified atom stereocenters. The Morgan fingerprint density at radius 1 is 1.00 bits per heavy atom. The van der Waals surface area contributed by atoms with E-state index in [9.17, 15) is 9.59 Å². The van der Waals surface area contributed by atoms with Gasteiger partial charge >= 0.3 is 0 Å². The highest BCUT2D eigenvalue weighted by molar-refractivity contribution is 6.39. The lowest BCUT2D eigenvalue weighted by Gasteiger charge is -2.50. The summed E-state index contributed by atoms with van der Waals surface area (Å²) < 4.78 is 3.99. The van der Waals surface area contributed by atoms with Gasteiger partial charge in [-0.2, -0.15) is 14.7 Å². The second kappa shape index (κ2) is 12.5. The van der Waals surface area contributed by atoms with Crippen molar-refractivity contribution in [3.05, 3.63) is 77.5 Å². The van der Waals surface area contributed by atoms with Crippen LogP contribution in [0.15, 0.2) is 54.7 Å². The van der Waals surface area contributed by atoms with E-state index >= 15 is 0 Å². The number of anilines is 4. The van der Waals surface area contributed by atoms with Gasteiger partial charge in [0.25, 0.3) is 5.91 Å². The maximum Gasteiger partial charge on any atom is 0.271 e. The van der Waals surface area contributed by atoms with E-state index in [4.69, 9.17) is 30.9 Å². The topological polar surface area (TPSA) is 129 Å². The van der Waals surface area contributed by atoms with Gasteiger partial charge in [-0.15, -0.1) is 0 Å². The summed E-state index contributed by atoms with van der Waals surface area (Å²) >= 11 is 0. The van der Waals surface area contributed by atoms with Gasteiger partial charge in [0.2, 0.25) is 5.91 Å². The molecule has 0 bridgehead atoms. The number of carbonyl (C=O) groups excluding carboxylic acids is 2. The fourth-order valence-electron chi connectivity index (χ4n) is 7.77. The Morgan fingerprint density at radius 2 is 1.77 bits per heavy atom. The molecule has 2 aliphatic heterocycles. The second-order valence-electron chi connectivity index (χ2n) is 15.1. The van der Waals surface area contributed by atoms with Gasteiger partial charge in [0.05, 0.1) is 56.7 Å². The van der Waals surface area contributed by atoms with Crippen LogP contribution in [0.5, 0.6) is 0 Å². The minimum atomic E-state index is -1.35. The predicted molar refractivity (Wildman–Crippen MR) is 205 cm³/mol. The molecule has 3 fully saturated rings. The zero-order valence-electron chi connectivity index (χ0n) is 30.5. The lowest BCUT2D eigenvalue weighted by atomic mass is 9.57. The fourth-order valence-corrected chi connectivity index (χ4v) is 7.77. The summed E-state index contributed by atoms with van der Waals surface area (Å²) in [7, 11) is 18.9. The molecular weight excluding hydrogens is 664 g/mol. The van der Waals surface area contributed by atoms with Gasteiger partial charge in [-0.05, 0) is 55.6 Å². The summed E-state index contributed by atoms with van der Waals surface area (Å²) in [5.74, 6) is 1.59. The molecular formula is C38H41B2N11O2. The monoisotopic (exact) mass is 705 g/mol. The van der Waals surface area contributed by atoms with Crippen LogP contribution < -0.4 is 15.5 Å². The summed E-state index contributed by atoms with van der Waals surface area (Å²) in [5.41, 5.74) is 7.77. The van der Waals surface area contributed by atoms with Crippen LogP contribution in [-0.4, -0.2) is 101 Å². The maximum absolute atomic E-state index is 12.7. The molecule has 1 aromatic carbocycles. The van der Waals surface area contributed by atoms with Gasteiger partial charge in [0, 0.05) is 75.0 Å². The molecule has 4 aliphatic rings. The standard InChI is InChI=1S/C38H41B2N11O2/c1-5-29-35-25(18-41-50(35)23-19-49(20-23)38(39,40)30-11-7-10-27(42-30)37(53)47(2)3)24-8-6-9-26(34(24)48(29)4)43-33-17-31(45-36(52)22-14-15-22)44-32-16-28(21-12-13-21)46-51(32)33/h6-11,16-18,21-23,29,43H,5,12-15,19-20H2,1-4H3,(H,44,45,52). The van der Waals surface area contributed by atoms with Crippen molar-refractivity contribution in [3.63, 3.8) is 0 Å². The number of amides is 2. The largest absolute Gasteiger partial charge is 0.364 e. The molecule has 1 atom stereocenters. The van der Waals surface area contributed by atoms with Crippen molar-refractivity contribution in [3.8, 4) is 11.1 Å². The van der Waals surface area contributed by atoms with Crippen molar-refractivity contribution in [2.75, 3.05) is 49.8 Å². The summed E-state index contributed by atoms with van der Waals surface area (Å²) in [4.78, 5) is 40.4. The Hall–Kier alpha value is -5.17. The van der Waals surface area contributed by atoms with Crippen LogP contribution in [0.2, 0.25) is 0 Å². The smallest absolute Gasteiger partial charge is 0.271 e. The Kier molecular flexibility index (Phi) is 7.91. The van der Waals surface area contributed by atoms with E-state index in [-0.39, 0.29) is 29.8 Å². The van der Waals surface area contributed by atoms with Crippen LogP contribution in [0, 0.1) is 5.92 Å². The molecule has 2 N–H and O–H groups in total. The lowest BCUT2D eigenvalue weighted by Crippen LogP contribution is -2.60. The van der Waals surface area contributed by atoms with Crippen molar-refractivity contribution in [1.82, 2.24) is 39.2 Å². The highest BCUT2D eigenvalue weighted by Crippen LogP contribution is 2.50. The molecule has 266 valence electrons. The Bertz CT molecular complexity index is 2270. The van der Waals surface area contributed by atoms with Crippen LogP contribution in [0.1, 0.15) is 84.6 Å². The van der Waals surface area contributed by atoms with Crippen LogP contribution in [-0.2, 0) is 10.1 Å². The number of carbonyl (C=O) groups is 2. The van der Waals surface area contributed by atoms with Crippen molar-refractivity contribution < 1.29 is 9.59 Å². The van der Waals surface area contributed by atoms with Crippen molar-refractivity contribution in [1.29, 1.82) is 0 Å². The molecule has 4 radical (unpaired) electrons. The molecule has 2 amide bonds. The third-order valence-corrected chi connectivity index (χ3v) is 11.1. The van der Waals surface area contributed by atoms with Gasteiger partial charge in [-0.25, -0.2) is 9.97 Å². The number of para-hydroxylation sites is 1. The molecule has 9 rings (SSSR count). The van der Waals surface area contributed by atoms with E-state index in [2.05, 4.69) is 57.4 Å². The minimum absolute atomic E-state index is 0.0162. The first-order chi connectivity index (χ1) is 25.5. The molecule has 2 aliphatic carbocycles. The zero-order valence-corrected chi connectivity index (χ0v) is 30.5. The maximum atomic E-state index is 12.7. The first-order valence-electron chi connectivity index (χ1n) is 18.5. The first-order valence-corrected chi connectivity index (χ1v) is 18.5. The number of aromatic nitrogens is 6. The van der Waals surface area contributed by atoms with Crippen molar-refractivity contribution >= 4 is 56.2 Å². The average Bonchev–Trinajstić information content (AvgIpc) is 4.06. The predicted octanol–water partition coefficient (Wildman–Crippen LogP) is 4.56. The van der Waals surface area contributed by atoms with Crippen LogP contribution >= 0.6 is 0 Å². The van der Waals surface area contributed by atoms with Gasteiger partial charge < -0.3 is 25.3 Å². The van der Waals surface area contributed by atoms with Gasteiger partial charge in [0.15, 0.2) is 5.65 Å². The van der Waals surface area contributed by atoms with Crippen LogP contribution in [0.3, 0.4) is 0 Å². The molecule has 0 spiro atoms. The number of hydrogen-bond donors (Lipinski definition) is 2. The summed E-state index contributed by atoms with van der Waals surface area (Å²) in [6.07, 6.45) is 6.93. The first kappa shape index (κ1) is 33.7. The van der Waals surface area contributed by atoms with Crippen molar-refractivity contribution in [2.45, 2.75) is 62.4 Å². The molecule has 4 aromatic heterocycles. The Morgan fingerprint density at radius 3 is 2.49 bits per heavy atom.